The van der Waals surface area contributed by atoms with Crippen LogP contribution in [-0.2, 0) is 17.8 Å². The van der Waals surface area contributed by atoms with Crippen molar-refractivity contribution >= 4 is 23.2 Å². The van der Waals surface area contributed by atoms with Crippen molar-refractivity contribution in [1.29, 1.82) is 0 Å². The number of carbonyl (C=O) groups is 1. The first kappa shape index (κ1) is 15.9. The maximum atomic E-state index is 11.9. The number of hydrazone groups is 1. The van der Waals surface area contributed by atoms with Crippen molar-refractivity contribution in [2.45, 2.75) is 26.3 Å². The van der Waals surface area contributed by atoms with Crippen molar-refractivity contribution in [3.05, 3.63) is 66.0 Å². The van der Waals surface area contributed by atoms with Crippen molar-refractivity contribution in [3.8, 4) is 0 Å². The Morgan fingerprint density at radius 3 is 2.79 bits per heavy atom. The highest BCUT2D eigenvalue weighted by Gasteiger charge is 2.04. The first-order valence-corrected chi connectivity index (χ1v) is 8.07. The summed E-state index contributed by atoms with van der Waals surface area (Å²) >= 11 is 0. The number of benzene rings is 2. The summed E-state index contributed by atoms with van der Waals surface area (Å²) in [4.78, 5) is 16.2. The lowest BCUT2D eigenvalue weighted by Crippen LogP contribution is -2.19. The van der Waals surface area contributed by atoms with Gasteiger partial charge in [-0.1, -0.05) is 43.3 Å². The molecule has 3 rings (SSSR count). The fourth-order valence-electron chi connectivity index (χ4n) is 2.48. The quantitative estimate of drug-likeness (QED) is 0.560. The van der Waals surface area contributed by atoms with Crippen LogP contribution in [0.4, 0.5) is 0 Å². The van der Waals surface area contributed by atoms with Crippen LogP contribution < -0.4 is 5.43 Å². The van der Waals surface area contributed by atoms with Crippen LogP contribution in [0.15, 0.2) is 60.0 Å². The normalized spacial score (nSPS) is 11.2. The largest absolute Gasteiger partial charge is 0.330 e. The number of fused-ring (bicyclic) bond motifs is 1. The van der Waals surface area contributed by atoms with Crippen LogP contribution in [-0.4, -0.2) is 21.7 Å². The molecule has 0 saturated carbocycles. The second kappa shape index (κ2) is 7.55. The Morgan fingerprint density at radius 2 is 2.00 bits per heavy atom. The number of hydrogen-bond acceptors (Lipinski definition) is 3. The predicted molar refractivity (Wildman–Crippen MR) is 95.9 cm³/mol. The minimum atomic E-state index is -0.116. The molecule has 0 spiro atoms. The minimum Gasteiger partial charge on any atom is -0.330 e. The van der Waals surface area contributed by atoms with Crippen molar-refractivity contribution < 1.29 is 4.79 Å². The summed E-state index contributed by atoms with van der Waals surface area (Å²) in [5.74, 6) is -0.116. The molecule has 0 aliphatic carbocycles. The number of nitrogens with one attached hydrogen (secondary N) is 1. The summed E-state index contributed by atoms with van der Waals surface area (Å²) in [6.45, 7) is 2.69. The molecule has 1 aromatic heterocycles. The molecule has 0 radical (unpaired) electrons. The average Bonchev–Trinajstić information content (AvgIpc) is 3.04. The number of aryl methyl sites for hydroxylation is 2. The third-order valence-corrected chi connectivity index (χ3v) is 3.90. The predicted octanol–water partition coefficient (Wildman–Crippen LogP) is 3.14. The molecule has 0 fully saturated rings. The number of hydrogen-bond donors (Lipinski definition) is 1. The van der Waals surface area contributed by atoms with E-state index in [1.807, 2.05) is 41.0 Å². The summed E-state index contributed by atoms with van der Waals surface area (Å²) in [7, 11) is 0. The third kappa shape index (κ3) is 3.87. The maximum Gasteiger partial charge on any atom is 0.241 e. The Bertz CT molecular complexity index is 849. The van der Waals surface area contributed by atoms with Crippen LogP contribution in [0.1, 0.15) is 24.5 Å². The van der Waals surface area contributed by atoms with Gasteiger partial charge in [-0.2, -0.15) is 5.10 Å². The molecule has 0 aliphatic heterocycles. The zero-order valence-electron chi connectivity index (χ0n) is 13.6. The highest BCUT2D eigenvalue weighted by atomic mass is 16.2. The van der Waals surface area contributed by atoms with Crippen LogP contribution in [0.5, 0.6) is 0 Å². The second-order valence-electron chi connectivity index (χ2n) is 5.56. The van der Waals surface area contributed by atoms with E-state index in [4.69, 9.17) is 0 Å². The Balaban J connectivity index is 1.51. The van der Waals surface area contributed by atoms with Gasteiger partial charge in [-0.15, -0.1) is 0 Å². The molecule has 0 aliphatic rings. The maximum absolute atomic E-state index is 11.9. The van der Waals surface area contributed by atoms with Crippen molar-refractivity contribution in [2.24, 2.45) is 5.10 Å². The van der Waals surface area contributed by atoms with Gasteiger partial charge in [0.1, 0.15) is 0 Å². The molecular weight excluding hydrogens is 300 g/mol. The molecule has 1 heterocycles. The van der Waals surface area contributed by atoms with Gasteiger partial charge in [-0.3, -0.25) is 4.79 Å². The number of rotatable bonds is 6. The van der Waals surface area contributed by atoms with E-state index in [2.05, 4.69) is 34.6 Å². The van der Waals surface area contributed by atoms with Crippen molar-refractivity contribution in [2.75, 3.05) is 0 Å². The number of nitrogens with zero attached hydrogens (tertiary/aromatic N) is 3. The Labute approximate surface area is 141 Å². The summed E-state index contributed by atoms with van der Waals surface area (Å²) in [6.07, 6.45) is 4.78. The smallest absolute Gasteiger partial charge is 0.241 e. The molecule has 122 valence electrons. The first-order chi connectivity index (χ1) is 11.8. The summed E-state index contributed by atoms with van der Waals surface area (Å²) in [5.41, 5.74) is 6.78. The zero-order valence-corrected chi connectivity index (χ0v) is 13.6. The Hall–Kier alpha value is -2.95. The van der Waals surface area contributed by atoms with Gasteiger partial charge in [-0.25, -0.2) is 10.4 Å². The molecular formula is C19H20N4O. The van der Waals surface area contributed by atoms with Crippen LogP contribution >= 0.6 is 0 Å². The third-order valence-electron chi connectivity index (χ3n) is 3.90. The van der Waals surface area contributed by atoms with E-state index in [-0.39, 0.29) is 5.91 Å². The second-order valence-corrected chi connectivity index (χ2v) is 5.56. The van der Waals surface area contributed by atoms with Gasteiger partial charge >= 0.3 is 0 Å². The fourth-order valence-corrected chi connectivity index (χ4v) is 2.48. The van der Waals surface area contributed by atoms with Crippen LogP contribution in [0, 0.1) is 0 Å². The lowest BCUT2D eigenvalue weighted by Gasteiger charge is -2.03. The monoisotopic (exact) mass is 320 g/mol. The molecule has 0 unspecified atom stereocenters. The molecule has 5 nitrogen and oxygen atoms in total. The standard InChI is InChI=1S/C19H20N4O/c1-2-15-7-9-16(10-8-15)13-21-22-19(24)11-12-23-14-20-17-5-3-4-6-18(17)23/h3-10,13-14H,2,11-12H2,1H3,(H,22,24)/b21-13-. The van der Waals surface area contributed by atoms with Crippen LogP contribution in [0.2, 0.25) is 0 Å². The van der Waals surface area contributed by atoms with Gasteiger partial charge in [0, 0.05) is 13.0 Å². The van der Waals surface area contributed by atoms with E-state index in [0.29, 0.717) is 13.0 Å². The molecule has 0 atom stereocenters. The number of amides is 1. The molecule has 0 saturated heterocycles. The van der Waals surface area contributed by atoms with Gasteiger partial charge in [0.25, 0.3) is 0 Å². The van der Waals surface area contributed by atoms with Crippen LogP contribution in [0.3, 0.4) is 0 Å². The molecule has 24 heavy (non-hydrogen) atoms. The Morgan fingerprint density at radius 1 is 1.21 bits per heavy atom. The van der Waals surface area contributed by atoms with Gasteiger partial charge in [-0.05, 0) is 29.7 Å². The van der Waals surface area contributed by atoms with E-state index in [9.17, 15) is 4.79 Å². The van der Waals surface area contributed by atoms with E-state index < -0.39 is 0 Å². The molecule has 2 aromatic carbocycles. The van der Waals surface area contributed by atoms with E-state index in [0.717, 1.165) is 23.0 Å². The van der Waals surface area contributed by atoms with Gasteiger partial charge in [0.2, 0.25) is 5.91 Å². The number of aromatic nitrogens is 2. The van der Waals surface area contributed by atoms with E-state index in [1.165, 1.54) is 5.56 Å². The van der Waals surface area contributed by atoms with Gasteiger partial charge in [0.05, 0.1) is 23.6 Å². The van der Waals surface area contributed by atoms with Crippen molar-refractivity contribution in [1.82, 2.24) is 15.0 Å². The lowest BCUT2D eigenvalue weighted by atomic mass is 10.1. The number of para-hydroxylation sites is 2. The zero-order chi connectivity index (χ0) is 16.8. The molecule has 1 amide bonds. The lowest BCUT2D eigenvalue weighted by molar-refractivity contribution is -0.121. The van der Waals surface area contributed by atoms with Crippen molar-refractivity contribution in [3.63, 3.8) is 0 Å². The fraction of sp³-hybridized carbons (Fsp3) is 0.211. The van der Waals surface area contributed by atoms with Crippen LogP contribution in [0.25, 0.3) is 11.0 Å². The summed E-state index contributed by atoms with van der Waals surface area (Å²) < 4.78 is 1.97. The first-order valence-electron chi connectivity index (χ1n) is 8.07. The number of carbonyl (C=O) groups excluding carboxylic acids is 1. The number of imidazole rings is 1. The van der Waals surface area contributed by atoms with Gasteiger partial charge in [0.15, 0.2) is 0 Å². The molecule has 1 N–H and O–H groups in total. The summed E-state index contributed by atoms with van der Waals surface area (Å²) in [6, 6.07) is 16.0. The minimum absolute atomic E-state index is 0.116. The molecule has 3 aromatic rings. The SMILES string of the molecule is CCc1ccc(/C=N\NC(=O)CCn2cnc3ccccc32)cc1. The van der Waals surface area contributed by atoms with E-state index >= 15 is 0 Å². The van der Waals surface area contributed by atoms with Gasteiger partial charge < -0.3 is 4.57 Å². The van der Waals surface area contributed by atoms with E-state index in [1.54, 1.807) is 12.5 Å². The Kier molecular flexibility index (Phi) is 5.01. The topological polar surface area (TPSA) is 59.3 Å². The molecule has 5 heteroatoms. The molecule has 0 bridgehead atoms. The average molecular weight is 320 g/mol. The highest BCUT2D eigenvalue weighted by molar-refractivity contribution is 5.82. The summed E-state index contributed by atoms with van der Waals surface area (Å²) in [5, 5.41) is 4.01. The highest BCUT2D eigenvalue weighted by Crippen LogP contribution is 2.12.